The molecule has 5 nitrogen and oxygen atoms in total. The van der Waals surface area contributed by atoms with Gasteiger partial charge in [0, 0.05) is 11.0 Å². The number of rotatable bonds is 4. The quantitative estimate of drug-likeness (QED) is 0.914. The lowest BCUT2D eigenvalue weighted by atomic mass is 10.2. The lowest BCUT2D eigenvalue weighted by molar-refractivity contribution is 0.437. The second kappa shape index (κ2) is 6.16. The maximum atomic E-state index is 5.83. The highest BCUT2D eigenvalue weighted by Crippen LogP contribution is 2.26. The minimum absolute atomic E-state index is 0.0933. The van der Waals surface area contributed by atoms with E-state index in [1.165, 1.54) is 0 Å². The van der Waals surface area contributed by atoms with Crippen molar-refractivity contribution in [3.8, 4) is 11.8 Å². The highest BCUT2D eigenvalue weighted by atomic mass is 79.9. The zero-order chi connectivity index (χ0) is 13.8. The SMILES string of the molecule is CCNc1nc(Cl)nc(Oc2ccc(Br)cc2C)n1. The van der Waals surface area contributed by atoms with Crippen LogP contribution in [-0.4, -0.2) is 21.5 Å². The smallest absolute Gasteiger partial charge is 0.328 e. The van der Waals surface area contributed by atoms with Gasteiger partial charge in [0.25, 0.3) is 0 Å². The van der Waals surface area contributed by atoms with Crippen molar-refractivity contribution < 1.29 is 4.74 Å². The highest BCUT2D eigenvalue weighted by molar-refractivity contribution is 9.10. The summed E-state index contributed by atoms with van der Waals surface area (Å²) >= 11 is 9.22. The van der Waals surface area contributed by atoms with Gasteiger partial charge >= 0.3 is 6.01 Å². The van der Waals surface area contributed by atoms with E-state index in [2.05, 4.69) is 36.2 Å². The van der Waals surface area contributed by atoms with Crippen molar-refractivity contribution in [2.75, 3.05) is 11.9 Å². The molecule has 7 heteroatoms. The van der Waals surface area contributed by atoms with E-state index in [1.54, 1.807) is 0 Å². The molecular formula is C12H12BrClN4O. The first-order valence-corrected chi connectivity index (χ1v) is 6.85. The molecule has 0 amide bonds. The summed E-state index contributed by atoms with van der Waals surface area (Å²) in [5.74, 6) is 1.07. The van der Waals surface area contributed by atoms with Crippen LogP contribution >= 0.6 is 27.5 Å². The number of ether oxygens (including phenoxy) is 1. The number of nitrogens with zero attached hydrogens (tertiary/aromatic N) is 3. The van der Waals surface area contributed by atoms with Gasteiger partial charge in [-0.3, -0.25) is 0 Å². The Morgan fingerprint density at radius 2 is 2.11 bits per heavy atom. The monoisotopic (exact) mass is 342 g/mol. The third-order valence-corrected chi connectivity index (χ3v) is 2.92. The van der Waals surface area contributed by atoms with Crippen LogP contribution in [0.2, 0.25) is 5.28 Å². The van der Waals surface area contributed by atoms with Crippen molar-refractivity contribution in [3.63, 3.8) is 0 Å². The van der Waals surface area contributed by atoms with Gasteiger partial charge in [0.1, 0.15) is 5.75 Å². The highest BCUT2D eigenvalue weighted by Gasteiger charge is 2.08. The van der Waals surface area contributed by atoms with Crippen molar-refractivity contribution in [3.05, 3.63) is 33.5 Å². The van der Waals surface area contributed by atoms with Crippen LogP contribution in [0, 0.1) is 6.92 Å². The molecule has 2 rings (SSSR count). The fourth-order valence-electron chi connectivity index (χ4n) is 1.44. The van der Waals surface area contributed by atoms with E-state index in [0.29, 0.717) is 18.2 Å². The number of hydrogen-bond donors (Lipinski definition) is 1. The molecule has 0 bridgehead atoms. The van der Waals surface area contributed by atoms with Gasteiger partial charge in [-0.15, -0.1) is 0 Å². The second-order valence-electron chi connectivity index (χ2n) is 3.75. The Morgan fingerprint density at radius 1 is 1.32 bits per heavy atom. The number of aromatic nitrogens is 3. The minimum atomic E-state index is 0.0933. The van der Waals surface area contributed by atoms with Crippen LogP contribution in [0.5, 0.6) is 11.8 Å². The molecule has 19 heavy (non-hydrogen) atoms. The summed E-state index contributed by atoms with van der Waals surface area (Å²) in [4.78, 5) is 12.0. The predicted octanol–water partition coefficient (Wildman–Crippen LogP) is 3.82. The van der Waals surface area contributed by atoms with Crippen LogP contribution in [-0.2, 0) is 0 Å². The molecule has 0 unspecified atom stereocenters. The Morgan fingerprint density at radius 3 is 2.79 bits per heavy atom. The molecule has 1 N–H and O–H groups in total. The Labute approximate surface area is 124 Å². The number of halogens is 2. The van der Waals surface area contributed by atoms with Gasteiger partial charge in [0.2, 0.25) is 11.2 Å². The molecule has 0 fully saturated rings. The molecule has 0 aliphatic heterocycles. The summed E-state index contributed by atoms with van der Waals surface area (Å²) in [5, 5.41) is 3.06. The first-order valence-electron chi connectivity index (χ1n) is 5.68. The molecule has 0 aliphatic rings. The normalized spacial score (nSPS) is 10.3. The van der Waals surface area contributed by atoms with Gasteiger partial charge in [-0.05, 0) is 49.2 Å². The molecule has 2 aromatic rings. The van der Waals surface area contributed by atoms with Crippen LogP contribution in [0.3, 0.4) is 0 Å². The number of nitrogens with one attached hydrogen (secondary N) is 1. The van der Waals surface area contributed by atoms with E-state index in [1.807, 2.05) is 32.0 Å². The van der Waals surface area contributed by atoms with Crippen molar-refractivity contribution in [1.82, 2.24) is 15.0 Å². The maximum Gasteiger partial charge on any atom is 0.328 e. The summed E-state index contributed by atoms with van der Waals surface area (Å²) in [6.45, 7) is 4.57. The van der Waals surface area contributed by atoms with Crippen LogP contribution in [0.15, 0.2) is 22.7 Å². The van der Waals surface area contributed by atoms with Gasteiger partial charge in [0.05, 0.1) is 0 Å². The van der Waals surface area contributed by atoms with Gasteiger partial charge in [-0.1, -0.05) is 15.9 Å². The third-order valence-electron chi connectivity index (χ3n) is 2.26. The first-order chi connectivity index (χ1) is 9.08. The van der Waals surface area contributed by atoms with E-state index in [0.717, 1.165) is 10.0 Å². The fraction of sp³-hybridized carbons (Fsp3) is 0.250. The molecule has 0 spiro atoms. The molecule has 0 saturated heterocycles. The number of anilines is 1. The van der Waals surface area contributed by atoms with Crippen LogP contribution < -0.4 is 10.1 Å². The van der Waals surface area contributed by atoms with Crippen LogP contribution in [0.25, 0.3) is 0 Å². The first kappa shape index (κ1) is 14.0. The molecule has 1 heterocycles. The van der Waals surface area contributed by atoms with E-state index in [4.69, 9.17) is 16.3 Å². The lowest BCUT2D eigenvalue weighted by Gasteiger charge is -2.08. The summed E-state index contributed by atoms with van der Waals surface area (Å²) in [7, 11) is 0. The van der Waals surface area contributed by atoms with E-state index in [-0.39, 0.29) is 11.3 Å². The Hall–Kier alpha value is -1.40. The average molecular weight is 344 g/mol. The minimum Gasteiger partial charge on any atom is -0.424 e. The van der Waals surface area contributed by atoms with Gasteiger partial charge in [-0.2, -0.15) is 15.0 Å². The summed E-state index contributed by atoms with van der Waals surface area (Å²) in [6.07, 6.45) is 0. The van der Waals surface area contributed by atoms with Gasteiger partial charge in [0.15, 0.2) is 0 Å². The molecule has 0 radical (unpaired) electrons. The Kier molecular flexibility index (Phi) is 4.55. The van der Waals surface area contributed by atoms with Gasteiger partial charge in [-0.25, -0.2) is 0 Å². The topological polar surface area (TPSA) is 59.9 Å². The van der Waals surface area contributed by atoms with E-state index in [9.17, 15) is 0 Å². The molecule has 100 valence electrons. The van der Waals surface area contributed by atoms with Crippen LogP contribution in [0.1, 0.15) is 12.5 Å². The predicted molar refractivity (Wildman–Crippen MR) is 78.0 cm³/mol. The standard InChI is InChI=1S/C12H12BrClN4O/c1-3-15-11-16-10(14)17-12(18-11)19-9-5-4-8(13)6-7(9)2/h4-6H,3H2,1-2H3,(H,15,16,17,18). The number of hydrogen-bond acceptors (Lipinski definition) is 5. The summed E-state index contributed by atoms with van der Waals surface area (Å²) < 4.78 is 6.61. The molecule has 0 atom stereocenters. The average Bonchev–Trinajstić information content (AvgIpc) is 2.32. The van der Waals surface area contributed by atoms with Gasteiger partial charge < -0.3 is 10.1 Å². The van der Waals surface area contributed by atoms with Crippen molar-refractivity contribution in [2.45, 2.75) is 13.8 Å². The van der Waals surface area contributed by atoms with E-state index < -0.39 is 0 Å². The molecule has 1 aromatic carbocycles. The largest absolute Gasteiger partial charge is 0.424 e. The van der Waals surface area contributed by atoms with Crippen molar-refractivity contribution in [1.29, 1.82) is 0 Å². The molecule has 1 aromatic heterocycles. The summed E-state index contributed by atoms with van der Waals surface area (Å²) in [5.41, 5.74) is 0.968. The number of aryl methyl sites for hydroxylation is 1. The molecule has 0 aliphatic carbocycles. The summed E-state index contributed by atoms with van der Waals surface area (Å²) in [6, 6.07) is 5.84. The third kappa shape index (κ3) is 3.78. The second-order valence-corrected chi connectivity index (χ2v) is 5.01. The zero-order valence-corrected chi connectivity index (χ0v) is 12.8. The maximum absolute atomic E-state index is 5.83. The molecular weight excluding hydrogens is 332 g/mol. The molecule has 0 saturated carbocycles. The Balaban J connectivity index is 2.27. The van der Waals surface area contributed by atoms with E-state index >= 15 is 0 Å². The lowest BCUT2D eigenvalue weighted by Crippen LogP contribution is -2.05. The fourth-order valence-corrected chi connectivity index (χ4v) is 2.07. The number of benzene rings is 1. The zero-order valence-electron chi connectivity index (χ0n) is 10.4. The van der Waals surface area contributed by atoms with Crippen molar-refractivity contribution >= 4 is 33.5 Å². The Bertz CT molecular complexity index is 594. The van der Waals surface area contributed by atoms with Crippen molar-refractivity contribution in [2.24, 2.45) is 0 Å². The van der Waals surface area contributed by atoms with Crippen LogP contribution in [0.4, 0.5) is 5.95 Å².